The summed E-state index contributed by atoms with van der Waals surface area (Å²) in [5.74, 6) is 1.73. The Hall–Kier alpha value is -1.53. The number of nitrogens with zero attached hydrogens (tertiary/aromatic N) is 1. The van der Waals surface area contributed by atoms with Crippen molar-refractivity contribution in [2.24, 2.45) is 5.92 Å². The fourth-order valence-electron chi connectivity index (χ4n) is 2.18. The quantitative estimate of drug-likeness (QED) is 0.750. The lowest BCUT2D eigenvalue weighted by Crippen LogP contribution is -2.21. The number of ether oxygens (including phenoxy) is 1. The summed E-state index contributed by atoms with van der Waals surface area (Å²) >= 11 is 0. The molecule has 0 amide bonds. The highest BCUT2D eigenvalue weighted by atomic mass is 16.5. The van der Waals surface area contributed by atoms with Gasteiger partial charge in [-0.25, -0.2) is 0 Å². The van der Waals surface area contributed by atoms with Crippen LogP contribution in [0, 0.1) is 17.2 Å². The van der Waals surface area contributed by atoms with Gasteiger partial charge in [-0.3, -0.25) is 0 Å². The van der Waals surface area contributed by atoms with Crippen molar-refractivity contribution in [1.82, 2.24) is 5.32 Å². The lowest BCUT2D eigenvalue weighted by molar-refractivity contribution is 0.292. The third kappa shape index (κ3) is 4.05. The van der Waals surface area contributed by atoms with E-state index >= 15 is 0 Å². The van der Waals surface area contributed by atoms with Gasteiger partial charge in [-0.2, -0.15) is 5.26 Å². The Kier molecular flexibility index (Phi) is 5.04. The predicted octanol–water partition coefficient (Wildman–Crippen LogP) is 2.87. The van der Waals surface area contributed by atoms with E-state index in [1.165, 1.54) is 31.2 Å². The molecule has 0 radical (unpaired) electrons. The number of nitriles is 1. The van der Waals surface area contributed by atoms with Gasteiger partial charge in [0.05, 0.1) is 0 Å². The van der Waals surface area contributed by atoms with Crippen LogP contribution in [0.4, 0.5) is 0 Å². The fraction of sp³-hybridized carbons (Fsp3) is 0.533. The smallest absolute Gasteiger partial charge is 0.174 e. The zero-order valence-corrected chi connectivity index (χ0v) is 10.7. The molecular formula is C15H20N2O. The summed E-state index contributed by atoms with van der Waals surface area (Å²) < 4.78 is 5.28. The third-order valence-corrected chi connectivity index (χ3v) is 3.49. The van der Waals surface area contributed by atoms with E-state index < -0.39 is 0 Å². The second-order valence-electron chi connectivity index (χ2n) is 4.86. The second kappa shape index (κ2) is 7.03. The molecule has 2 rings (SSSR count). The number of nitrogens with one attached hydrogen (secondary N) is 1. The molecule has 0 unspecified atom stereocenters. The van der Waals surface area contributed by atoms with Crippen molar-refractivity contribution in [3.05, 3.63) is 29.8 Å². The highest BCUT2D eigenvalue weighted by Crippen LogP contribution is 2.28. The minimum absolute atomic E-state index is 0.110. The molecule has 0 spiro atoms. The molecule has 3 heteroatoms. The number of rotatable bonds is 7. The number of hydrogen-bond donors (Lipinski definition) is 1. The van der Waals surface area contributed by atoms with Gasteiger partial charge in [0, 0.05) is 6.54 Å². The van der Waals surface area contributed by atoms with Gasteiger partial charge in [-0.05, 0) is 36.6 Å². The van der Waals surface area contributed by atoms with E-state index in [0.717, 1.165) is 24.8 Å². The van der Waals surface area contributed by atoms with Crippen molar-refractivity contribution in [2.45, 2.75) is 32.2 Å². The molecule has 1 saturated carbocycles. The molecule has 0 aliphatic heterocycles. The summed E-state index contributed by atoms with van der Waals surface area (Å²) in [6.45, 7) is 2.07. The lowest BCUT2D eigenvalue weighted by atomic mass is 9.83. The molecule has 1 aliphatic carbocycles. The van der Waals surface area contributed by atoms with Gasteiger partial charge >= 0.3 is 0 Å². The van der Waals surface area contributed by atoms with E-state index in [-0.39, 0.29) is 6.61 Å². The molecular weight excluding hydrogens is 224 g/mol. The molecule has 3 nitrogen and oxygen atoms in total. The molecule has 0 atom stereocenters. The molecule has 0 aromatic heterocycles. The van der Waals surface area contributed by atoms with E-state index in [9.17, 15) is 0 Å². The molecule has 0 saturated heterocycles. The highest BCUT2D eigenvalue weighted by Gasteiger charge is 2.15. The maximum atomic E-state index is 8.46. The van der Waals surface area contributed by atoms with Crippen LogP contribution < -0.4 is 10.1 Å². The molecule has 1 aromatic rings. The van der Waals surface area contributed by atoms with Crippen LogP contribution in [0.15, 0.2) is 24.3 Å². The number of benzene rings is 1. The van der Waals surface area contributed by atoms with Gasteiger partial charge in [0.25, 0.3) is 0 Å². The van der Waals surface area contributed by atoms with Gasteiger partial charge < -0.3 is 10.1 Å². The zero-order chi connectivity index (χ0) is 12.6. The topological polar surface area (TPSA) is 45.0 Å². The summed E-state index contributed by atoms with van der Waals surface area (Å²) in [6.07, 6.45) is 5.55. The van der Waals surface area contributed by atoms with Gasteiger partial charge in [0.15, 0.2) is 6.61 Å². The molecule has 1 aliphatic rings. The first kappa shape index (κ1) is 12.9. The van der Waals surface area contributed by atoms with Crippen LogP contribution in [0.2, 0.25) is 0 Å². The molecule has 1 aromatic carbocycles. The first-order chi connectivity index (χ1) is 8.88. The maximum absolute atomic E-state index is 8.46. The molecule has 0 bridgehead atoms. The Bertz CT molecular complexity index is 407. The van der Waals surface area contributed by atoms with Gasteiger partial charge in [0.2, 0.25) is 0 Å². The van der Waals surface area contributed by atoms with Crippen molar-refractivity contribution in [3.63, 3.8) is 0 Å². The minimum Gasteiger partial charge on any atom is -0.479 e. The Morgan fingerprint density at radius 1 is 1.39 bits per heavy atom. The van der Waals surface area contributed by atoms with Crippen molar-refractivity contribution in [3.8, 4) is 11.8 Å². The van der Waals surface area contributed by atoms with Crippen LogP contribution in [0.1, 0.15) is 31.2 Å². The number of hydrogen-bond acceptors (Lipinski definition) is 3. The highest BCUT2D eigenvalue weighted by molar-refractivity contribution is 5.28. The van der Waals surface area contributed by atoms with Crippen LogP contribution in [0.5, 0.6) is 5.75 Å². The van der Waals surface area contributed by atoms with E-state index in [1.807, 2.05) is 24.3 Å². The second-order valence-corrected chi connectivity index (χ2v) is 4.86. The van der Waals surface area contributed by atoms with Crippen LogP contribution in [-0.4, -0.2) is 13.2 Å². The Labute approximate surface area is 109 Å². The first-order valence-corrected chi connectivity index (χ1v) is 6.68. The van der Waals surface area contributed by atoms with Gasteiger partial charge in [-0.1, -0.05) is 31.4 Å². The third-order valence-electron chi connectivity index (χ3n) is 3.49. The van der Waals surface area contributed by atoms with E-state index in [2.05, 4.69) is 11.4 Å². The predicted molar refractivity (Wildman–Crippen MR) is 71.2 cm³/mol. The minimum atomic E-state index is 0.110. The average molecular weight is 244 g/mol. The normalized spacial score (nSPS) is 14.8. The van der Waals surface area contributed by atoms with Crippen molar-refractivity contribution in [1.29, 1.82) is 5.26 Å². The van der Waals surface area contributed by atoms with Crippen LogP contribution in [0.25, 0.3) is 0 Å². The van der Waals surface area contributed by atoms with Crippen molar-refractivity contribution >= 4 is 0 Å². The van der Waals surface area contributed by atoms with Crippen LogP contribution in [-0.2, 0) is 6.54 Å². The van der Waals surface area contributed by atoms with E-state index in [4.69, 9.17) is 10.00 Å². The Morgan fingerprint density at radius 3 is 3.00 bits per heavy atom. The van der Waals surface area contributed by atoms with E-state index in [1.54, 1.807) is 0 Å². The largest absolute Gasteiger partial charge is 0.479 e. The van der Waals surface area contributed by atoms with Crippen LogP contribution in [0.3, 0.4) is 0 Å². The zero-order valence-electron chi connectivity index (χ0n) is 10.7. The van der Waals surface area contributed by atoms with Gasteiger partial charge in [-0.15, -0.1) is 0 Å². The summed E-state index contributed by atoms with van der Waals surface area (Å²) in [4.78, 5) is 0. The Morgan fingerprint density at radius 2 is 2.28 bits per heavy atom. The van der Waals surface area contributed by atoms with E-state index in [0.29, 0.717) is 0 Å². The SMILES string of the molecule is N#CCOc1cccc(CNCCC2CCC2)c1. The van der Waals surface area contributed by atoms with Gasteiger partial charge in [0.1, 0.15) is 11.8 Å². The summed E-state index contributed by atoms with van der Waals surface area (Å²) in [6, 6.07) is 9.90. The average Bonchev–Trinajstić information content (AvgIpc) is 2.34. The monoisotopic (exact) mass is 244 g/mol. The Balaban J connectivity index is 1.69. The van der Waals surface area contributed by atoms with Crippen LogP contribution >= 0.6 is 0 Å². The fourth-order valence-corrected chi connectivity index (χ4v) is 2.18. The summed E-state index contributed by atoms with van der Waals surface area (Å²) in [5.41, 5.74) is 1.21. The lowest BCUT2D eigenvalue weighted by Gasteiger charge is -2.25. The summed E-state index contributed by atoms with van der Waals surface area (Å²) in [7, 11) is 0. The summed E-state index contributed by atoms with van der Waals surface area (Å²) in [5, 5.41) is 11.9. The molecule has 1 N–H and O–H groups in total. The standard InChI is InChI=1S/C15H20N2O/c16-8-10-18-15-6-2-5-14(11-15)12-17-9-7-13-3-1-4-13/h2,5-6,11,13,17H,1,3-4,7,9-10,12H2. The molecule has 1 fully saturated rings. The molecule has 96 valence electrons. The molecule has 18 heavy (non-hydrogen) atoms. The van der Waals surface area contributed by atoms with Crippen molar-refractivity contribution in [2.75, 3.05) is 13.2 Å². The van der Waals surface area contributed by atoms with Crippen molar-refractivity contribution < 1.29 is 4.74 Å². The maximum Gasteiger partial charge on any atom is 0.174 e. The molecule has 0 heterocycles. The first-order valence-electron chi connectivity index (χ1n) is 6.68.